The zero-order valence-corrected chi connectivity index (χ0v) is 20.6. The molecule has 1 amide bonds. The molecule has 1 aromatic carbocycles. The molecule has 0 bridgehead atoms. The fourth-order valence-electron chi connectivity index (χ4n) is 6.20. The van der Waals surface area contributed by atoms with Gasteiger partial charge in [0.25, 0.3) is 0 Å². The number of aliphatic carboxylic acids is 1. The molecule has 186 valence electrons. The van der Waals surface area contributed by atoms with Gasteiger partial charge in [-0.3, -0.25) is 19.5 Å². The molecule has 6 nitrogen and oxygen atoms in total. The molecule has 0 spiro atoms. The van der Waals surface area contributed by atoms with Crippen LogP contribution in [0.1, 0.15) is 67.1 Å². The highest BCUT2D eigenvalue weighted by atomic mass is 16.4. The Morgan fingerprint density at radius 2 is 1.63 bits per heavy atom. The van der Waals surface area contributed by atoms with E-state index in [4.69, 9.17) is 4.98 Å². The fraction of sp³-hybridized carbons (Fsp3) is 0.552. The number of rotatable bonds is 6. The van der Waals surface area contributed by atoms with E-state index in [2.05, 4.69) is 17.0 Å². The fourth-order valence-corrected chi connectivity index (χ4v) is 6.20. The molecule has 0 unspecified atom stereocenters. The number of carbonyl (C=O) groups excluding carboxylic acids is 1. The summed E-state index contributed by atoms with van der Waals surface area (Å²) in [6, 6.07) is 13.3. The monoisotopic (exact) mass is 475 g/mol. The first-order valence-electron chi connectivity index (χ1n) is 13.4. The van der Waals surface area contributed by atoms with Crippen molar-refractivity contribution in [2.45, 2.75) is 63.8 Å². The van der Waals surface area contributed by atoms with Gasteiger partial charge in [0.2, 0.25) is 5.91 Å². The van der Waals surface area contributed by atoms with Crippen LogP contribution in [-0.4, -0.2) is 57.9 Å². The van der Waals surface area contributed by atoms with Crippen LogP contribution in [0.15, 0.2) is 42.5 Å². The number of likely N-dealkylation sites (tertiary alicyclic amines) is 2. The number of fused-ring (bicyclic) bond motifs is 1. The molecule has 5 rings (SSSR count). The quantitative estimate of drug-likeness (QED) is 0.675. The van der Waals surface area contributed by atoms with Crippen molar-refractivity contribution in [3.63, 3.8) is 0 Å². The maximum absolute atomic E-state index is 13.2. The van der Waals surface area contributed by atoms with E-state index in [9.17, 15) is 14.7 Å². The molecule has 2 fully saturated rings. The number of amides is 1. The number of carboxylic acids is 1. The van der Waals surface area contributed by atoms with Crippen molar-refractivity contribution in [1.29, 1.82) is 0 Å². The minimum Gasteiger partial charge on any atom is -0.480 e. The molecule has 0 radical (unpaired) electrons. The summed E-state index contributed by atoms with van der Waals surface area (Å²) >= 11 is 0. The number of hydrogen-bond donors (Lipinski definition) is 1. The van der Waals surface area contributed by atoms with Crippen LogP contribution in [0.3, 0.4) is 0 Å². The Morgan fingerprint density at radius 3 is 2.34 bits per heavy atom. The Hall–Kier alpha value is -2.73. The van der Waals surface area contributed by atoms with Crippen LogP contribution >= 0.6 is 0 Å². The van der Waals surface area contributed by atoms with Crippen LogP contribution in [0, 0.1) is 11.8 Å². The summed E-state index contributed by atoms with van der Waals surface area (Å²) < 4.78 is 0. The minimum atomic E-state index is -0.823. The molecule has 0 saturated carbocycles. The van der Waals surface area contributed by atoms with Crippen molar-refractivity contribution >= 4 is 11.9 Å². The molecule has 35 heavy (non-hydrogen) atoms. The van der Waals surface area contributed by atoms with Gasteiger partial charge in [0.05, 0.1) is 0 Å². The van der Waals surface area contributed by atoms with Crippen molar-refractivity contribution in [1.82, 2.24) is 14.8 Å². The number of hydrogen-bond acceptors (Lipinski definition) is 4. The number of carboxylic acid groups (broad SMARTS) is 1. The zero-order chi connectivity index (χ0) is 24.2. The highest BCUT2D eigenvalue weighted by Crippen LogP contribution is 2.30. The number of pyridine rings is 1. The van der Waals surface area contributed by atoms with Crippen LogP contribution in [0.25, 0.3) is 0 Å². The van der Waals surface area contributed by atoms with Gasteiger partial charge < -0.3 is 10.0 Å². The van der Waals surface area contributed by atoms with Gasteiger partial charge >= 0.3 is 5.97 Å². The van der Waals surface area contributed by atoms with Crippen molar-refractivity contribution in [3.8, 4) is 0 Å². The lowest BCUT2D eigenvalue weighted by atomic mass is 9.88. The Labute approximate surface area is 208 Å². The second-order valence-corrected chi connectivity index (χ2v) is 10.5. The first-order valence-corrected chi connectivity index (χ1v) is 13.4. The van der Waals surface area contributed by atoms with Crippen LogP contribution in [-0.2, 0) is 28.9 Å². The molecular formula is C29H37N3O3. The number of benzene rings is 1. The van der Waals surface area contributed by atoms with Gasteiger partial charge in [-0.1, -0.05) is 36.4 Å². The zero-order valence-electron chi connectivity index (χ0n) is 20.6. The summed E-state index contributed by atoms with van der Waals surface area (Å²) in [6.45, 7) is 2.94. The molecule has 2 saturated heterocycles. The Balaban J connectivity index is 1.10. The molecule has 3 aliphatic rings. The van der Waals surface area contributed by atoms with Crippen LogP contribution in [0.5, 0.6) is 0 Å². The van der Waals surface area contributed by atoms with Crippen molar-refractivity contribution in [2.24, 2.45) is 11.8 Å². The molecule has 2 aromatic rings. The number of nitrogens with zero attached hydrogens (tertiary/aromatic N) is 3. The molecule has 1 aromatic heterocycles. The van der Waals surface area contributed by atoms with E-state index in [1.807, 2.05) is 35.2 Å². The Bertz CT molecular complexity index is 1020. The Kier molecular flexibility index (Phi) is 7.47. The molecular weight excluding hydrogens is 438 g/mol. The van der Waals surface area contributed by atoms with Gasteiger partial charge in [0.1, 0.15) is 6.04 Å². The third-order valence-corrected chi connectivity index (χ3v) is 8.25. The summed E-state index contributed by atoms with van der Waals surface area (Å²) in [4.78, 5) is 34.2. The van der Waals surface area contributed by atoms with E-state index in [0.29, 0.717) is 19.0 Å². The highest BCUT2D eigenvalue weighted by Gasteiger charge is 2.35. The lowest BCUT2D eigenvalue weighted by molar-refractivity contribution is -0.145. The smallest absolute Gasteiger partial charge is 0.325 e. The standard InChI is InChI=1S/C29H37N3O3/c33-28(24-14-18-31(19-15-24)27(29(34)35)23-7-2-1-3-8-23)32-16-12-21(13-17-32)20-25-11-10-22-6-4-5-9-26(22)30-25/h1-3,7-8,10-11,21,24,27H,4-6,9,12-20H2,(H,34,35)/t27-/m1/s1. The molecule has 1 N–H and O–H groups in total. The van der Waals surface area contributed by atoms with Gasteiger partial charge in [-0.25, -0.2) is 0 Å². The van der Waals surface area contributed by atoms with E-state index in [1.54, 1.807) is 0 Å². The van der Waals surface area contributed by atoms with Gasteiger partial charge in [-0.05, 0) is 80.9 Å². The second-order valence-electron chi connectivity index (χ2n) is 10.5. The van der Waals surface area contributed by atoms with Gasteiger partial charge in [-0.2, -0.15) is 0 Å². The molecule has 1 aliphatic carbocycles. The average molecular weight is 476 g/mol. The summed E-state index contributed by atoms with van der Waals surface area (Å²) in [6.07, 6.45) is 9.39. The number of piperidine rings is 2. The van der Waals surface area contributed by atoms with Gasteiger partial charge in [-0.15, -0.1) is 0 Å². The van der Waals surface area contributed by atoms with Crippen molar-refractivity contribution < 1.29 is 14.7 Å². The normalized spacial score (nSPS) is 20.9. The third-order valence-electron chi connectivity index (χ3n) is 8.25. The van der Waals surface area contributed by atoms with Gasteiger partial charge in [0, 0.05) is 43.5 Å². The van der Waals surface area contributed by atoms with E-state index in [1.165, 1.54) is 36.2 Å². The first kappa shape index (κ1) is 24.0. The predicted octanol–water partition coefficient (Wildman–Crippen LogP) is 4.28. The number of carbonyl (C=O) groups is 2. The molecule has 2 aliphatic heterocycles. The molecule has 1 atom stereocenters. The number of aryl methyl sites for hydroxylation is 2. The lowest BCUT2D eigenvalue weighted by Crippen LogP contribution is -2.47. The molecule has 6 heteroatoms. The van der Waals surface area contributed by atoms with E-state index >= 15 is 0 Å². The average Bonchev–Trinajstić information content (AvgIpc) is 2.90. The van der Waals surface area contributed by atoms with Gasteiger partial charge in [0.15, 0.2) is 0 Å². The maximum Gasteiger partial charge on any atom is 0.325 e. The summed E-state index contributed by atoms with van der Waals surface area (Å²) in [5.74, 6) is 0.0469. The van der Waals surface area contributed by atoms with Crippen LogP contribution in [0.4, 0.5) is 0 Å². The largest absolute Gasteiger partial charge is 0.480 e. The van der Waals surface area contributed by atoms with E-state index in [0.717, 1.165) is 57.2 Å². The second kappa shape index (κ2) is 10.9. The summed E-state index contributed by atoms with van der Waals surface area (Å²) in [7, 11) is 0. The summed E-state index contributed by atoms with van der Waals surface area (Å²) in [5, 5.41) is 9.83. The van der Waals surface area contributed by atoms with Crippen LogP contribution < -0.4 is 0 Å². The number of aromatic nitrogens is 1. The topological polar surface area (TPSA) is 73.7 Å². The first-order chi connectivity index (χ1) is 17.1. The van der Waals surface area contributed by atoms with Crippen LogP contribution in [0.2, 0.25) is 0 Å². The minimum absolute atomic E-state index is 0.00957. The van der Waals surface area contributed by atoms with Crippen molar-refractivity contribution in [3.05, 3.63) is 65.0 Å². The molecule has 3 heterocycles. The van der Waals surface area contributed by atoms with E-state index < -0.39 is 12.0 Å². The SMILES string of the molecule is O=C(O)[C@@H](c1ccccc1)N1CCC(C(=O)N2CCC(Cc3ccc4c(n3)CCCC4)CC2)CC1. The van der Waals surface area contributed by atoms with E-state index in [-0.39, 0.29) is 11.8 Å². The Morgan fingerprint density at radius 1 is 0.914 bits per heavy atom. The maximum atomic E-state index is 13.2. The highest BCUT2D eigenvalue weighted by molar-refractivity contribution is 5.79. The summed E-state index contributed by atoms with van der Waals surface area (Å²) in [5.41, 5.74) is 4.77. The predicted molar refractivity (Wildman–Crippen MR) is 135 cm³/mol. The lowest BCUT2D eigenvalue weighted by Gasteiger charge is -2.39. The van der Waals surface area contributed by atoms with Crippen molar-refractivity contribution in [2.75, 3.05) is 26.2 Å². The third kappa shape index (κ3) is 5.58.